The minimum atomic E-state index is -0.873. The van der Waals surface area contributed by atoms with Crippen molar-refractivity contribution in [1.29, 1.82) is 0 Å². The molecule has 3 atom stereocenters. The third-order valence-corrected chi connectivity index (χ3v) is 6.74. The number of amides is 1. The summed E-state index contributed by atoms with van der Waals surface area (Å²) in [4.78, 5) is 24.3. The Kier molecular flexibility index (Phi) is 4.55. The molecule has 1 N–H and O–H groups in total. The molecule has 1 amide bonds. The maximum absolute atomic E-state index is 13.6. The Balaban J connectivity index is 1.52. The minimum absolute atomic E-state index is 0.00288. The Bertz CT molecular complexity index is 1030. The first-order valence-electron chi connectivity index (χ1n) is 10.5. The number of para-hydroxylation sites is 1. The lowest BCUT2D eigenvalue weighted by Gasteiger charge is -2.52. The van der Waals surface area contributed by atoms with E-state index in [0.717, 1.165) is 36.8 Å². The highest BCUT2D eigenvalue weighted by atomic mass is 16.3. The number of hydrogen-bond donors (Lipinski definition) is 1. The van der Waals surface area contributed by atoms with E-state index in [1.54, 1.807) is 12.4 Å². The van der Waals surface area contributed by atoms with Gasteiger partial charge in [0.1, 0.15) is 5.52 Å². The lowest BCUT2D eigenvalue weighted by atomic mass is 9.66. The van der Waals surface area contributed by atoms with Crippen LogP contribution >= 0.6 is 0 Å². The van der Waals surface area contributed by atoms with Crippen molar-refractivity contribution in [1.82, 2.24) is 14.9 Å². The SMILES string of the molecule is O=C(c1cccc2nccnc12)N1CCC(O)(c2ccccc2)[C@H]2CCCC[C@H]21. The standard InChI is InChI=1S/C24H25N3O2/c28-23(18-9-6-11-20-22(18)26-15-14-25-20)27-16-13-24(29,17-7-2-1-3-8-17)19-10-4-5-12-21(19)27/h1-3,6-9,11,14-15,19,21,29H,4-5,10,12-13,16H2/t19-,21+,24?/m0/s1. The maximum Gasteiger partial charge on any atom is 0.256 e. The van der Waals surface area contributed by atoms with Gasteiger partial charge in [-0.25, -0.2) is 0 Å². The number of piperidine rings is 1. The third kappa shape index (κ3) is 3.01. The molecular formula is C24H25N3O2. The molecule has 1 aromatic heterocycles. The molecule has 3 aromatic rings. The Morgan fingerprint density at radius 1 is 1.00 bits per heavy atom. The number of nitrogens with zero attached hydrogens (tertiary/aromatic N) is 3. The molecule has 1 saturated carbocycles. The van der Waals surface area contributed by atoms with Gasteiger partial charge in [0.25, 0.3) is 5.91 Å². The van der Waals surface area contributed by atoms with E-state index in [2.05, 4.69) is 9.97 Å². The van der Waals surface area contributed by atoms with Crippen LogP contribution < -0.4 is 0 Å². The Morgan fingerprint density at radius 3 is 2.66 bits per heavy atom. The molecule has 1 aliphatic heterocycles. The Morgan fingerprint density at radius 2 is 1.79 bits per heavy atom. The lowest BCUT2D eigenvalue weighted by molar-refractivity contribution is -0.110. The van der Waals surface area contributed by atoms with Crippen LogP contribution in [0.2, 0.25) is 0 Å². The molecule has 0 radical (unpaired) electrons. The van der Waals surface area contributed by atoms with Crippen molar-refractivity contribution in [3.63, 3.8) is 0 Å². The van der Waals surface area contributed by atoms with Crippen molar-refractivity contribution in [2.45, 2.75) is 43.7 Å². The molecule has 5 heteroatoms. The Hall–Kier alpha value is -2.79. The number of carbonyl (C=O) groups excluding carboxylic acids is 1. The molecule has 5 rings (SSSR count). The lowest BCUT2D eigenvalue weighted by Crippen LogP contribution is -2.59. The minimum Gasteiger partial charge on any atom is -0.385 e. The van der Waals surface area contributed by atoms with Gasteiger partial charge in [0, 0.05) is 30.9 Å². The van der Waals surface area contributed by atoms with E-state index in [-0.39, 0.29) is 17.9 Å². The highest BCUT2D eigenvalue weighted by Gasteiger charge is 2.50. The molecule has 1 aliphatic carbocycles. The first-order valence-corrected chi connectivity index (χ1v) is 10.5. The molecule has 2 aromatic carbocycles. The molecule has 2 heterocycles. The molecule has 148 valence electrons. The van der Waals surface area contributed by atoms with Gasteiger partial charge in [-0.15, -0.1) is 0 Å². The predicted molar refractivity (Wildman–Crippen MR) is 111 cm³/mol. The fourth-order valence-electron chi connectivity index (χ4n) is 5.34. The number of hydrogen-bond acceptors (Lipinski definition) is 4. The summed E-state index contributed by atoms with van der Waals surface area (Å²) in [6.07, 6.45) is 7.89. The van der Waals surface area contributed by atoms with E-state index >= 15 is 0 Å². The van der Waals surface area contributed by atoms with Crippen LogP contribution in [0.25, 0.3) is 11.0 Å². The number of likely N-dealkylation sites (tertiary alicyclic amines) is 1. The molecule has 2 fully saturated rings. The second-order valence-corrected chi connectivity index (χ2v) is 8.23. The molecule has 29 heavy (non-hydrogen) atoms. The van der Waals surface area contributed by atoms with Crippen LogP contribution in [0.3, 0.4) is 0 Å². The zero-order chi connectivity index (χ0) is 19.8. The highest BCUT2D eigenvalue weighted by molar-refractivity contribution is 6.04. The zero-order valence-electron chi connectivity index (χ0n) is 16.4. The first-order chi connectivity index (χ1) is 14.2. The van der Waals surface area contributed by atoms with Crippen LogP contribution in [0.1, 0.15) is 48.0 Å². The zero-order valence-corrected chi connectivity index (χ0v) is 16.4. The number of fused-ring (bicyclic) bond motifs is 2. The second kappa shape index (κ2) is 7.23. The molecular weight excluding hydrogens is 362 g/mol. The molecule has 0 spiro atoms. The fraction of sp³-hybridized carbons (Fsp3) is 0.375. The predicted octanol–water partition coefficient (Wildman–Crippen LogP) is 3.92. The van der Waals surface area contributed by atoms with E-state index in [1.165, 1.54) is 0 Å². The highest BCUT2D eigenvalue weighted by Crippen LogP contribution is 2.47. The van der Waals surface area contributed by atoms with Gasteiger partial charge >= 0.3 is 0 Å². The molecule has 5 nitrogen and oxygen atoms in total. The normalized spacial score (nSPS) is 26.9. The van der Waals surface area contributed by atoms with Gasteiger partial charge < -0.3 is 10.0 Å². The van der Waals surface area contributed by atoms with Gasteiger partial charge in [0.05, 0.1) is 16.7 Å². The number of benzene rings is 2. The number of carbonyl (C=O) groups is 1. The van der Waals surface area contributed by atoms with Gasteiger partial charge in [-0.2, -0.15) is 0 Å². The van der Waals surface area contributed by atoms with Crippen molar-refractivity contribution < 1.29 is 9.90 Å². The van der Waals surface area contributed by atoms with E-state index in [4.69, 9.17) is 0 Å². The van der Waals surface area contributed by atoms with Crippen LogP contribution in [-0.2, 0) is 5.60 Å². The number of aromatic nitrogens is 2. The van der Waals surface area contributed by atoms with Crippen molar-refractivity contribution in [2.75, 3.05) is 6.54 Å². The topological polar surface area (TPSA) is 66.3 Å². The Labute approximate surface area is 170 Å². The molecule has 1 saturated heterocycles. The monoisotopic (exact) mass is 387 g/mol. The fourth-order valence-corrected chi connectivity index (χ4v) is 5.34. The molecule has 0 bridgehead atoms. The van der Waals surface area contributed by atoms with Crippen LogP contribution in [0.4, 0.5) is 0 Å². The summed E-state index contributed by atoms with van der Waals surface area (Å²) in [5, 5.41) is 11.7. The maximum atomic E-state index is 13.6. The summed E-state index contributed by atoms with van der Waals surface area (Å²) in [5.74, 6) is 0.0560. The summed E-state index contributed by atoms with van der Waals surface area (Å²) < 4.78 is 0. The summed E-state index contributed by atoms with van der Waals surface area (Å²) in [6, 6.07) is 15.6. The van der Waals surface area contributed by atoms with Crippen LogP contribution in [0, 0.1) is 5.92 Å². The summed E-state index contributed by atoms with van der Waals surface area (Å²) in [6.45, 7) is 0.544. The van der Waals surface area contributed by atoms with Crippen molar-refractivity contribution in [3.8, 4) is 0 Å². The largest absolute Gasteiger partial charge is 0.385 e. The van der Waals surface area contributed by atoms with Crippen molar-refractivity contribution in [3.05, 3.63) is 72.1 Å². The van der Waals surface area contributed by atoms with E-state index in [9.17, 15) is 9.90 Å². The number of rotatable bonds is 2. The van der Waals surface area contributed by atoms with Gasteiger partial charge in [-0.1, -0.05) is 49.2 Å². The number of aliphatic hydroxyl groups is 1. The molecule has 1 unspecified atom stereocenters. The van der Waals surface area contributed by atoms with E-state index in [0.29, 0.717) is 24.0 Å². The summed E-state index contributed by atoms with van der Waals surface area (Å²) in [5.41, 5.74) is 2.08. The van der Waals surface area contributed by atoms with Gasteiger partial charge in [-0.05, 0) is 37.0 Å². The van der Waals surface area contributed by atoms with Crippen LogP contribution in [0.5, 0.6) is 0 Å². The summed E-state index contributed by atoms with van der Waals surface area (Å²) in [7, 11) is 0. The van der Waals surface area contributed by atoms with Gasteiger partial charge in [0.2, 0.25) is 0 Å². The average Bonchev–Trinajstić information content (AvgIpc) is 2.79. The first kappa shape index (κ1) is 18.3. The second-order valence-electron chi connectivity index (χ2n) is 8.23. The smallest absolute Gasteiger partial charge is 0.256 e. The third-order valence-electron chi connectivity index (χ3n) is 6.74. The molecule has 2 aliphatic rings. The van der Waals surface area contributed by atoms with Crippen LogP contribution in [0.15, 0.2) is 60.9 Å². The van der Waals surface area contributed by atoms with Crippen molar-refractivity contribution >= 4 is 16.9 Å². The van der Waals surface area contributed by atoms with E-state index < -0.39 is 5.60 Å². The van der Waals surface area contributed by atoms with Gasteiger partial charge in [-0.3, -0.25) is 14.8 Å². The van der Waals surface area contributed by atoms with Gasteiger partial charge in [0.15, 0.2) is 0 Å². The van der Waals surface area contributed by atoms with Crippen LogP contribution in [-0.4, -0.2) is 38.5 Å². The van der Waals surface area contributed by atoms with E-state index in [1.807, 2.05) is 53.4 Å². The summed E-state index contributed by atoms with van der Waals surface area (Å²) >= 11 is 0. The average molecular weight is 387 g/mol. The quantitative estimate of drug-likeness (QED) is 0.724. The van der Waals surface area contributed by atoms with Crippen molar-refractivity contribution in [2.24, 2.45) is 5.92 Å².